The van der Waals surface area contributed by atoms with Crippen molar-refractivity contribution < 1.29 is 9.15 Å². The minimum atomic E-state index is -0.537. The molecule has 0 unspecified atom stereocenters. The second-order valence-corrected chi connectivity index (χ2v) is 8.92. The van der Waals surface area contributed by atoms with E-state index in [2.05, 4.69) is 9.97 Å². The van der Waals surface area contributed by atoms with Gasteiger partial charge < -0.3 is 13.6 Å². The summed E-state index contributed by atoms with van der Waals surface area (Å²) >= 11 is 5.92. The van der Waals surface area contributed by atoms with E-state index < -0.39 is 6.10 Å². The molecule has 4 aromatic heterocycles. The molecule has 0 saturated carbocycles. The Hall–Kier alpha value is -4.15. The van der Waals surface area contributed by atoms with Gasteiger partial charge in [-0.05, 0) is 69.7 Å². The van der Waals surface area contributed by atoms with Gasteiger partial charge in [-0.3, -0.25) is 4.79 Å². The third-order valence-corrected chi connectivity index (χ3v) is 6.11. The molecule has 0 aliphatic rings. The van der Waals surface area contributed by atoms with Crippen LogP contribution in [0.1, 0.15) is 41.1 Å². The largest absolute Gasteiger partial charge is 0.483 e. The molecule has 5 rings (SSSR count). The van der Waals surface area contributed by atoms with Gasteiger partial charge in [-0.1, -0.05) is 11.6 Å². The lowest BCUT2D eigenvalue weighted by molar-refractivity contribution is 0.225. The maximum Gasteiger partial charge on any atom is 0.196 e. The normalized spacial score (nSPS) is 12.1. The fourth-order valence-corrected chi connectivity index (χ4v) is 4.40. The molecule has 0 aliphatic carbocycles. The van der Waals surface area contributed by atoms with Crippen LogP contribution in [0.3, 0.4) is 0 Å². The highest BCUT2D eigenvalue weighted by Gasteiger charge is 2.21. The van der Waals surface area contributed by atoms with E-state index in [9.17, 15) is 10.1 Å². The number of fused-ring (bicyclic) bond motifs is 2. The maximum atomic E-state index is 13.4. The molecule has 0 N–H and O–H groups in total. The van der Waals surface area contributed by atoms with Gasteiger partial charge in [-0.25, -0.2) is 9.97 Å². The van der Waals surface area contributed by atoms with Crippen molar-refractivity contribution in [2.45, 2.75) is 33.8 Å². The highest BCUT2D eigenvalue weighted by Crippen LogP contribution is 2.33. The number of benzene rings is 1. The van der Waals surface area contributed by atoms with Crippen LogP contribution in [0.5, 0.6) is 5.75 Å². The van der Waals surface area contributed by atoms with E-state index in [1.807, 2.05) is 67.9 Å². The molecule has 0 radical (unpaired) electrons. The average molecular weight is 485 g/mol. The minimum Gasteiger partial charge on any atom is -0.483 e. The Morgan fingerprint density at radius 2 is 1.91 bits per heavy atom. The van der Waals surface area contributed by atoms with E-state index in [4.69, 9.17) is 20.8 Å². The number of rotatable bonds is 4. The first-order chi connectivity index (χ1) is 16.7. The van der Waals surface area contributed by atoms with E-state index in [0.717, 1.165) is 22.5 Å². The predicted octanol–water partition coefficient (Wildman–Crippen LogP) is 6.09. The number of imidazole rings is 1. The first-order valence-electron chi connectivity index (χ1n) is 11.0. The lowest BCUT2D eigenvalue weighted by Crippen LogP contribution is -2.12. The number of halogens is 1. The standard InChI is InChI=1S/C27H21ClN4O3/c1-14-9-19(17(4)34-22-6-7-23(28)31-21(22)11-29)27-20(10-14)25(33)16(3)26(35-27)18-5-8-24-30-15(2)12-32(24)13-18/h5-10,12-13,17H,1-4H3/t17-/m1/s1. The van der Waals surface area contributed by atoms with Crippen molar-refractivity contribution in [3.8, 4) is 23.1 Å². The summed E-state index contributed by atoms with van der Waals surface area (Å²) in [7, 11) is 0. The third kappa shape index (κ3) is 4.02. The van der Waals surface area contributed by atoms with Gasteiger partial charge in [0.15, 0.2) is 16.9 Å². The molecule has 174 valence electrons. The smallest absolute Gasteiger partial charge is 0.196 e. The van der Waals surface area contributed by atoms with Crippen molar-refractivity contribution in [3.63, 3.8) is 0 Å². The van der Waals surface area contributed by atoms with E-state index in [-0.39, 0.29) is 16.3 Å². The van der Waals surface area contributed by atoms with Gasteiger partial charge >= 0.3 is 0 Å². The molecule has 1 aromatic carbocycles. The zero-order valence-electron chi connectivity index (χ0n) is 19.6. The number of hydrogen-bond donors (Lipinski definition) is 0. The average Bonchev–Trinajstić information content (AvgIpc) is 3.21. The molecule has 7 nitrogen and oxygen atoms in total. The first-order valence-corrected chi connectivity index (χ1v) is 11.4. The van der Waals surface area contributed by atoms with Crippen molar-refractivity contribution in [1.82, 2.24) is 14.4 Å². The lowest BCUT2D eigenvalue weighted by atomic mass is 10.00. The van der Waals surface area contributed by atoms with Crippen LogP contribution in [-0.4, -0.2) is 14.4 Å². The van der Waals surface area contributed by atoms with Gasteiger partial charge in [0, 0.05) is 29.1 Å². The SMILES string of the molecule is Cc1cc([C@@H](C)Oc2ccc(Cl)nc2C#N)c2oc(-c3ccc4nc(C)cn4c3)c(C)c(=O)c2c1. The van der Waals surface area contributed by atoms with Crippen molar-refractivity contribution in [2.24, 2.45) is 0 Å². The van der Waals surface area contributed by atoms with Crippen LogP contribution in [-0.2, 0) is 0 Å². The first kappa shape index (κ1) is 22.6. The fourth-order valence-electron chi connectivity index (χ4n) is 4.25. The number of nitriles is 1. The zero-order valence-corrected chi connectivity index (χ0v) is 20.3. The minimum absolute atomic E-state index is 0.0863. The van der Waals surface area contributed by atoms with E-state index in [1.54, 1.807) is 19.1 Å². The predicted molar refractivity (Wildman–Crippen MR) is 134 cm³/mol. The number of pyridine rings is 2. The van der Waals surface area contributed by atoms with Crippen LogP contribution >= 0.6 is 11.6 Å². The summed E-state index contributed by atoms with van der Waals surface area (Å²) < 4.78 is 14.4. The number of aromatic nitrogens is 3. The van der Waals surface area contributed by atoms with Gasteiger partial charge in [-0.2, -0.15) is 5.26 Å². The summed E-state index contributed by atoms with van der Waals surface area (Å²) in [5.74, 6) is 0.786. The van der Waals surface area contributed by atoms with Gasteiger partial charge in [-0.15, -0.1) is 0 Å². The van der Waals surface area contributed by atoms with Crippen LogP contribution in [0.4, 0.5) is 0 Å². The van der Waals surface area contributed by atoms with Gasteiger partial charge in [0.05, 0.1) is 11.1 Å². The van der Waals surface area contributed by atoms with E-state index in [1.165, 1.54) is 0 Å². The second kappa shape index (κ2) is 8.57. The Balaban J connectivity index is 1.68. The summed E-state index contributed by atoms with van der Waals surface area (Å²) in [4.78, 5) is 21.9. The van der Waals surface area contributed by atoms with Crippen molar-refractivity contribution in [3.05, 3.63) is 92.2 Å². The van der Waals surface area contributed by atoms with Crippen LogP contribution in [0.2, 0.25) is 5.15 Å². The molecule has 1 atom stereocenters. The van der Waals surface area contributed by atoms with Crippen molar-refractivity contribution in [1.29, 1.82) is 5.26 Å². The lowest BCUT2D eigenvalue weighted by Gasteiger charge is -2.18. The van der Waals surface area contributed by atoms with Gasteiger partial charge in [0.25, 0.3) is 0 Å². The summed E-state index contributed by atoms with van der Waals surface area (Å²) in [5.41, 5.74) is 5.01. The highest BCUT2D eigenvalue weighted by atomic mass is 35.5. The Morgan fingerprint density at radius 1 is 1.11 bits per heavy atom. The molecular weight excluding hydrogens is 464 g/mol. The van der Waals surface area contributed by atoms with Crippen LogP contribution in [0, 0.1) is 32.1 Å². The van der Waals surface area contributed by atoms with Crippen LogP contribution < -0.4 is 10.2 Å². The molecule has 0 aliphatic heterocycles. The summed E-state index contributed by atoms with van der Waals surface area (Å²) in [6, 6.07) is 12.7. The molecule has 4 heterocycles. The zero-order chi connectivity index (χ0) is 24.9. The molecule has 0 amide bonds. The Labute approximate surface area is 206 Å². The quantitative estimate of drug-likeness (QED) is 0.286. The summed E-state index contributed by atoms with van der Waals surface area (Å²) in [6.45, 7) is 7.45. The maximum absolute atomic E-state index is 13.4. The van der Waals surface area contributed by atoms with E-state index in [0.29, 0.717) is 33.6 Å². The summed E-state index contributed by atoms with van der Waals surface area (Å²) in [5, 5.41) is 10.1. The van der Waals surface area contributed by atoms with Gasteiger partial charge in [0.2, 0.25) is 0 Å². The monoisotopic (exact) mass is 484 g/mol. The number of ether oxygens (including phenoxy) is 1. The third-order valence-electron chi connectivity index (χ3n) is 5.90. The molecule has 35 heavy (non-hydrogen) atoms. The molecule has 0 bridgehead atoms. The highest BCUT2D eigenvalue weighted by molar-refractivity contribution is 6.29. The van der Waals surface area contributed by atoms with Crippen LogP contribution in [0.25, 0.3) is 27.9 Å². The van der Waals surface area contributed by atoms with Gasteiger partial charge in [0.1, 0.15) is 34.3 Å². The summed E-state index contributed by atoms with van der Waals surface area (Å²) in [6.07, 6.45) is 3.29. The van der Waals surface area contributed by atoms with E-state index >= 15 is 0 Å². The number of hydrogen-bond acceptors (Lipinski definition) is 6. The number of aryl methyl sites for hydroxylation is 2. The molecular formula is C27H21ClN4O3. The number of nitrogens with zero attached hydrogens (tertiary/aromatic N) is 4. The Bertz CT molecular complexity index is 1730. The molecule has 5 aromatic rings. The molecule has 0 saturated heterocycles. The Kier molecular flexibility index (Phi) is 5.54. The molecule has 0 fully saturated rings. The molecule has 0 spiro atoms. The second-order valence-electron chi connectivity index (χ2n) is 8.53. The fraction of sp³-hybridized carbons (Fsp3) is 0.185. The van der Waals surface area contributed by atoms with Crippen molar-refractivity contribution >= 4 is 28.2 Å². The van der Waals surface area contributed by atoms with Crippen molar-refractivity contribution in [2.75, 3.05) is 0 Å². The van der Waals surface area contributed by atoms with Crippen LogP contribution in [0.15, 0.2) is 58.0 Å². The molecule has 8 heteroatoms. The Morgan fingerprint density at radius 3 is 2.69 bits per heavy atom. The topological polar surface area (TPSA) is 93.4 Å².